The molecule has 1 amide bonds. The molecule has 0 aromatic heterocycles. The lowest BCUT2D eigenvalue weighted by atomic mass is 10.0. The van der Waals surface area contributed by atoms with E-state index in [-0.39, 0.29) is 30.5 Å². The van der Waals surface area contributed by atoms with E-state index >= 15 is 0 Å². The highest BCUT2D eigenvalue weighted by Gasteiger charge is 2.32. The van der Waals surface area contributed by atoms with Gasteiger partial charge in [0.15, 0.2) is 18.1 Å². The first kappa shape index (κ1) is 16.3. The molecule has 0 unspecified atom stereocenters. The zero-order valence-corrected chi connectivity index (χ0v) is 13.8. The maximum Gasteiger partial charge on any atom is 0.258 e. The molecule has 1 N–H and O–H groups in total. The zero-order chi connectivity index (χ0) is 17.2. The van der Waals surface area contributed by atoms with Crippen molar-refractivity contribution in [1.82, 2.24) is 5.32 Å². The van der Waals surface area contributed by atoms with Gasteiger partial charge in [-0.15, -0.1) is 0 Å². The molecule has 0 radical (unpaired) electrons. The van der Waals surface area contributed by atoms with Crippen LogP contribution >= 0.6 is 0 Å². The summed E-state index contributed by atoms with van der Waals surface area (Å²) in [5.74, 6) is 0.604. The molecule has 0 saturated heterocycles. The van der Waals surface area contributed by atoms with Crippen LogP contribution in [0.15, 0.2) is 42.5 Å². The zero-order valence-electron chi connectivity index (χ0n) is 13.8. The predicted octanol–water partition coefficient (Wildman–Crippen LogP) is 3.23. The van der Waals surface area contributed by atoms with Gasteiger partial charge in [0.1, 0.15) is 11.4 Å². The Labute approximate surface area is 140 Å². The summed E-state index contributed by atoms with van der Waals surface area (Å²) < 4.78 is 25.0. The summed E-state index contributed by atoms with van der Waals surface area (Å²) in [5.41, 5.74) is 1.25. The number of carbonyl (C=O) groups excluding carboxylic acids is 1. The molecule has 0 atom stereocenters. The molecular formula is C19H20FNO3. The van der Waals surface area contributed by atoms with Crippen LogP contribution in [-0.4, -0.2) is 18.1 Å². The number of halogens is 1. The molecule has 126 valence electrons. The summed E-state index contributed by atoms with van der Waals surface area (Å²) in [6.07, 6.45) is 0.805. The fraction of sp³-hybridized carbons (Fsp3) is 0.316. The summed E-state index contributed by atoms with van der Waals surface area (Å²) in [6.45, 7) is 4.01. The third kappa shape index (κ3) is 3.67. The quantitative estimate of drug-likeness (QED) is 0.916. The van der Waals surface area contributed by atoms with Gasteiger partial charge in [-0.05, 0) is 26.0 Å². The van der Waals surface area contributed by atoms with Crippen LogP contribution in [0.25, 0.3) is 0 Å². The summed E-state index contributed by atoms with van der Waals surface area (Å²) in [5, 5.41) is 2.65. The topological polar surface area (TPSA) is 47.6 Å². The van der Waals surface area contributed by atoms with Gasteiger partial charge < -0.3 is 14.8 Å². The summed E-state index contributed by atoms with van der Waals surface area (Å²) in [4.78, 5) is 11.9. The van der Waals surface area contributed by atoms with E-state index < -0.39 is 0 Å². The van der Waals surface area contributed by atoms with Crippen LogP contribution in [0, 0.1) is 5.82 Å². The highest BCUT2D eigenvalue weighted by Crippen LogP contribution is 2.41. The molecule has 2 aromatic carbocycles. The number of hydrogen-bond acceptors (Lipinski definition) is 3. The normalized spacial score (nSPS) is 14.6. The first-order chi connectivity index (χ1) is 11.4. The molecule has 4 nitrogen and oxygen atoms in total. The van der Waals surface area contributed by atoms with E-state index in [1.807, 2.05) is 26.0 Å². The van der Waals surface area contributed by atoms with Crippen molar-refractivity contribution in [3.8, 4) is 11.5 Å². The smallest absolute Gasteiger partial charge is 0.258 e. The van der Waals surface area contributed by atoms with Gasteiger partial charge in [-0.25, -0.2) is 4.39 Å². The molecule has 0 spiro atoms. The monoisotopic (exact) mass is 329 g/mol. The minimum atomic E-state index is -0.338. The van der Waals surface area contributed by atoms with Crippen molar-refractivity contribution in [2.45, 2.75) is 32.4 Å². The van der Waals surface area contributed by atoms with Gasteiger partial charge >= 0.3 is 0 Å². The predicted molar refractivity (Wildman–Crippen MR) is 88.6 cm³/mol. The van der Waals surface area contributed by atoms with Crippen LogP contribution in [-0.2, 0) is 17.8 Å². The number of benzene rings is 2. The number of nitrogens with one attached hydrogen (secondary N) is 1. The lowest BCUT2D eigenvalue weighted by Gasteiger charge is -2.18. The Hall–Kier alpha value is -2.56. The molecule has 1 aliphatic rings. The average molecular weight is 329 g/mol. The van der Waals surface area contributed by atoms with E-state index in [0.717, 1.165) is 12.0 Å². The van der Waals surface area contributed by atoms with E-state index in [0.29, 0.717) is 17.1 Å². The van der Waals surface area contributed by atoms with Crippen LogP contribution in [0.5, 0.6) is 11.5 Å². The van der Waals surface area contributed by atoms with Crippen molar-refractivity contribution in [3.05, 3.63) is 59.4 Å². The van der Waals surface area contributed by atoms with Gasteiger partial charge in [-0.3, -0.25) is 4.79 Å². The minimum absolute atomic E-state index is 0.130. The number of hydrogen-bond donors (Lipinski definition) is 1. The number of rotatable bonds is 5. The van der Waals surface area contributed by atoms with E-state index in [4.69, 9.17) is 9.47 Å². The first-order valence-electron chi connectivity index (χ1n) is 7.88. The second-order valence-electron chi connectivity index (χ2n) is 6.44. The number of fused-ring (bicyclic) bond motifs is 1. The summed E-state index contributed by atoms with van der Waals surface area (Å²) >= 11 is 0. The molecule has 5 heteroatoms. The van der Waals surface area contributed by atoms with Crippen molar-refractivity contribution in [2.24, 2.45) is 0 Å². The number of amides is 1. The second-order valence-corrected chi connectivity index (χ2v) is 6.44. The van der Waals surface area contributed by atoms with Crippen LogP contribution in [0.4, 0.5) is 4.39 Å². The van der Waals surface area contributed by atoms with Gasteiger partial charge in [0, 0.05) is 24.1 Å². The second kappa shape index (κ2) is 6.51. The Kier molecular flexibility index (Phi) is 4.42. The molecule has 0 aliphatic carbocycles. The molecule has 2 aromatic rings. The molecule has 0 bridgehead atoms. The van der Waals surface area contributed by atoms with Crippen LogP contribution < -0.4 is 14.8 Å². The molecule has 0 saturated carbocycles. The van der Waals surface area contributed by atoms with E-state index in [1.165, 1.54) is 6.07 Å². The van der Waals surface area contributed by atoms with Crippen LogP contribution in [0.3, 0.4) is 0 Å². The highest BCUT2D eigenvalue weighted by atomic mass is 19.1. The van der Waals surface area contributed by atoms with Crippen molar-refractivity contribution in [1.29, 1.82) is 0 Å². The SMILES string of the molecule is CC1(C)Cc2cccc(OCC(=O)NCc3ccccc3F)c2O1. The molecule has 3 rings (SSSR count). The summed E-state index contributed by atoms with van der Waals surface area (Å²) in [6, 6.07) is 12.0. The standard InChI is InChI=1S/C19H20FNO3/c1-19(2)10-13-7-5-9-16(18(13)24-19)23-12-17(22)21-11-14-6-3-4-8-15(14)20/h3-9H,10-12H2,1-2H3,(H,21,22). The Bertz CT molecular complexity index is 758. The lowest BCUT2D eigenvalue weighted by Crippen LogP contribution is -2.29. The molecule has 1 heterocycles. The van der Waals surface area contributed by atoms with E-state index in [9.17, 15) is 9.18 Å². The Balaban J connectivity index is 1.56. The third-order valence-corrected chi connectivity index (χ3v) is 3.85. The van der Waals surface area contributed by atoms with Crippen molar-refractivity contribution in [2.75, 3.05) is 6.61 Å². The van der Waals surface area contributed by atoms with Gasteiger partial charge in [-0.1, -0.05) is 30.3 Å². The lowest BCUT2D eigenvalue weighted by molar-refractivity contribution is -0.123. The molecule has 1 aliphatic heterocycles. The highest BCUT2D eigenvalue weighted by molar-refractivity contribution is 5.77. The molecule has 24 heavy (non-hydrogen) atoms. The fourth-order valence-electron chi connectivity index (χ4n) is 2.73. The van der Waals surface area contributed by atoms with Gasteiger partial charge in [-0.2, -0.15) is 0 Å². The van der Waals surface area contributed by atoms with Crippen molar-refractivity contribution in [3.63, 3.8) is 0 Å². The van der Waals surface area contributed by atoms with Crippen LogP contribution in [0.1, 0.15) is 25.0 Å². The van der Waals surface area contributed by atoms with Crippen LogP contribution in [0.2, 0.25) is 0 Å². The van der Waals surface area contributed by atoms with Gasteiger partial charge in [0.2, 0.25) is 0 Å². The van der Waals surface area contributed by atoms with Crippen molar-refractivity contribution >= 4 is 5.91 Å². The largest absolute Gasteiger partial charge is 0.483 e. The maximum atomic E-state index is 13.5. The van der Waals surface area contributed by atoms with Crippen molar-refractivity contribution < 1.29 is 18.7 Å². The Morgan fingerprint density at radius 1 is 1.25 bits per heavy atom. The van der Waals surface area contributed by atoms with Gasteiger partial charge in [0.05, 0.1) is 0 Å². The Morgan fingerprint density at radius 3 is 2.83 bits per heavy atom. The van der Waals surface area contributed by atoms with E-state index in [1.54, 1.807) is 24.3 Å². The number of para-hydroxylation sites is 1. The van der Waals surface area contributed by atoms with Gasteiger partial charge in [0.25, 0.3) is 5.91 Å². The minimum Gasteiger partial charge on any atom is -0.483 e. The third-order valence-electron chi connectivity index (χ3n) is 3.85. The van der Waals surface area contributed by atoms with E-state index in [2.05, 4.69) is 5.32 Å². The fourth-order valence-corrected chi connectivity index (χ4v) is 2.73. The average Bonchev–Trinajstić information content (AvgIpc) is 2.86. The number of ether oxygens (including phenoxy) is 2. The summed E-state index contributed by atoms with van der Waals surface area (Å²) in [7, 11) is 0. The number of carbonyl (C=O) groups is 1. The molecule has 0 fully saturated rings. The maximum absolute atomic E-state index is 13.5. The first-order valence-corrected chi connectivity index (χ1v) is 7.88. The Morgan fingerprint density at radius 2 is 2.04 bits per heavy atom. The molecular weight excluding hydrogens is 309 g/mol.